The Morgan fingerprint density at radius 2 is 1.90 bits per heavy atom. The van der Waals surface area contributed by atoms with E-state index in [-0.39, 0.29) is 5.69 Å². The van der Waals surface area contributed by atoms with E-state index in [2.05, 4.69) is 27.5 Å². The molecule has 0 atom stereocenters. The fourth-order valence-electron chi connectivity index (χ4n) is 3.22. The van der Waals surface area contributed by atoms with E-state index in [9.17, 15) is 4.79 Å². The molecule has 0 saturated carbocycles. The van der Waals surface area contributed by atoms with Crippen molar-refractivity contribution in [2.75, 3.05) is 0 Å². The van der Waals surface area contributed by atoms with Crippen molar-refractivity contribution in [3.63, 3.8) is 0 Å². The highest BCUT2D eigenvalue weighted by Gasteiger charge is 2.14. The fraction of sp³-hybridized carbons (Fsp3) is 0.238. The Hall–Kier alpha value is -3.26. The van der Waals surface area contributed by atoms with Crippen LogP contribution in [0, 0.1) is 20.8 Å². The van der Waals surface area contributed by atoms with E-state index in [0.717, 1.165) is 33.7 Å². The normalized spacial score (nSPS) is 11.0. The molecule has 7 nitrogen and oxygen atoms in total. The first-order valence-electron chi connectivity index (χ1n) is 9.17. The summed E-state index contributed by atoms with van der Waals surface area (Å²) < 4.78 is 8.64. The van der Waals surface area contributed by atoms with Gasteiger partial charge in [0.25, 0.3) is 0 Å². The number of hydrogen-bond acceptors (Lipinski definition) is 6. The molecule has 0 saturated heterocycles. The number of aryl methyl sites for hydroxylation is 4. The maximum Gasteiger partial charge on any atom is 0.368 e. The van der Waals surface area contributed by atoms with Gasteiger partial charge >= 0.3 is 5.69 Å². The SMILES string of the molecule is Cc1cc(-c2scnc2C)ccc1OCc1c(C)cccc1-n1nnn(C)c1=O. The van der Waals surface area contributed by atoms with Crippen molar-refractivity contribution >= 4 is 11.3 Å². The predicted octanol–water partition coefficient (Wildman–Crippen LogP) is 3.59. The van der Waals surface area contributed by atoms with Crippen molar-refractivity contribution < 1.29 is 4.74 Å². The van der Waals surface area contributed by atoms with E-state index in [1.807, 2.05) is 50.5 Å². The van der Waals surface area contributed by atoms with Crippen LogP contribution in [0.3, 0.4) is 0 Å². The minimum atomic E-state index is -0.294. The Morgan fingerprint density at radius 1 is 1.07 bits per heavy atom. The molecule has 0 aliphatic rings. The van der Waals surface area contributed by atoms with Crippen LogP contribution in [-0.2, 0) is 13.7 Å². The summed E-state index contributed by atoms with van der Waals surface area (Å²) in [6.07, 6.45) is 0. The summed E-state index contributed by atoms with van der Waals surface area (Å²) in [6, 6.07) is 11.9. The van der Waals surface area contributed by atoms with Crippen LogP contribution in [0.2, 0.25) is 0 Å². The molecule has 0 aliphatic carbocycles. The molecule has 4 rings (SSSR count). The number of hydrogen-bond donors (Lipinski definition) is 0. The van der Waals surface area contributed by atoms with Gasteiger partial charge in [-0.15, -0.1) is 11.3 Å². The van der Waals surface area contributed by atoms with E-state index >= 15 is 0 Å². The van der Waals surface area contributed by atoms with E-state index < -0.39 is 0 Å². The highest BCUT2D eigenvalue weighted by Crippen LogP contribution is 2.31. The van der Waals surface area contributed by atoms with Gasteiger partial charge in [0.05, 0.1) is 21.8 Å². The molecular formula is C21H21N5O2S. The minimum absolute atomic E-state index is 0.294. The maximum absolute atomic E-state index is 12.3. The van der Waals surface area contributed by atoms with Crippen molar-refractivity contribution in [2.24, 2.45) is 7.05 Å². The first kappa shape index (κ1) is 19.1. The summed E-state index contributed by atoms with van der Waals surface area (Å²) in [5.74, 6) is 0.802. The number of tetrazole rings is 1. The van der Waals surface area contributed by atoms with Crippen molar-refractivity contribution in [1.82, 2.24) is 24.8 Å². The van der Waals surface area contributed by atoms with Gasteiger partial charge in [-0.2, -0.15) is 9.36 Å². The van der Waals surface area contributed by atoms with Crippen LogP contribution in [0.5, 0.6) is 5.75 Å². The van der Waals surface area contributed by atoms with Crippen LogP contribution in [-0.4, -0.2) is 24.8 Å². The molecule has 0 unspecified atom stereocenters. The third-order valence-corrected chi connectivity index (χ3v) is 5.87. The highest BCUT2D eigenvalue weighted by atomic mass is 32.1. The molecule has 4 aromatic rings. The zero-order chi connectivity index (χ0) is 20.5. The molecule has 29 heavy (non-hydrogen) atoms. The Labute approximate surface area is 172 Å². The predicted molar refractivity (Wildman–Crippen MR) is 113 cm³/mol. The number of aromatic nitrogens is 5. The topological polar surface area (TPSA) is 74.8 Å². The van der Waals surface area contributed by atoms with Gasteiger partial charge in [-0.05, 0) is 72.2 Å². The lowest BCUT2D eigenvalue weighted by Crippen LogP contribution is -2.23. The van der Waals surface area contributed by atoms with Gasteiger partial charge < -0.3 is 4.74 Å². The molecule has 8 heteroatoms. The second kappa shape index (κ2) is 7.63. The van der Waals surface area contributed by atoms with Crippen LogP contribution >= 0.6 is 11.3 Å². The molecular weight excluding hydrogens is 386 g/mol. The highest BCUT2D eigenvalue weighted by molar-refractivity contribution is 7.13. The summed E-state index contributed by atoms with van der Waals surface area (Å²) >= 11 is 1.63. The van der Waals surface area contributed by atoms with Gasteiger partial charge in [0.15, 0.2) is 0 Å². The Balaban J connectivity index is 1.62. The van der Waals surface area contributed by atoms with Crippen LogP contribution < -0.4 is 10.4 Å². The average molecular weight is 407 g/mol. The quantitative estimate of drug-likeness (QED) is 0.505. The fourth-order valence-corrected chi connectivity index (χ4v) is 4.02. The van der Waals surface area contributed by atoms with Gasteiger partial charge in [-0.1, -0.05) is 12.1 Å². The summed E-state index contributed by atoms with van der Waals surface area (Å²) in [5, 5.41) is 7.77. The number of nitrogens with zero attached hydrogens (tertiary/aromatic N) is 5. The van der Waals surface area contributed by atoms with Crippen LogP contribution in [0.25, 0.3) is 16.1 Å². The lowest BCUT2D eigenvalue weighted by Gasteiger charge is -2.14. The van der Waals surface area contributed by atoms with Crippen LogP contribution in [0.1, 0.15) is 22.4 Å². The Bertz CT molecular complexity index is 1240. The number of ether oxygens (including phenoxy) is 1. The van der Waals surface area contributed by atoms with E-state index in [0.29, 0.717) is 12.3 Å². The third-order valence-electron chi connectivity index (χ3n) is 4.89. The van der Waals surface area contributed by atoms with Gasteiger partial charge in [-0.3, -0.25) is 0 Å². The van der Waals surface area contributed by atoms with Gasteiger partial charge in [0.1, 0.15) is 12.4 Å². The van der Waals surface area contributed by atoms with E-state index in [1.165, 1.54) is 14.2 Å². The van der Waals surface area contributed by atoms with Crippen molar-refractivity contribution in [2.45, 2.75) is 27.4 Å². The molecule has 0 bridgehead atoms. The number of thiazole rings is 1. The lowest BCUT2D eigenvalue weighted by atomic mass is 10.1. The second-order valence-corrected chi connectivity index (χ2v) is 7.76. The summed E-state index contributed by atoms with van der Waals surface area (Å²) in [5.41, 5.74) is 7.38. The molecule has 0 radical (unpaired) electrons. The van der Waals surface area contributed by atoms with Crippen molar-refractivity contribution in [3.05, 3.63) is 74.8 Å². The largest absolute Gasteiger partial charge is 0.489 e. The molecule has 0 spiro atoms. The Kier molecular flexibility index (Phi) is 5.02. The van der Waals surface area contributed by atoms with Crippen molar-refractivity contribution in [3.8, 4) is 21.9 Å². The zero-order valence-electron chi connectivity index (χ0n) is 16.7. The van der Waals surface area contributed by atoms with Gasteiger partial charge in [0.2, 0.25) is 0 Å². The Morgan fingerprint density at radius 3 is 2.55 bits per heavy atom. The maximum atomic E-state index is 12.3. The van der Waals surface area contributed by atoms with E-state index in [1.54, 1.807) is 18.4 Å². The van der Waals surface area contributed by atoms with Gasteiger partial charge in [0, 0.05) is 12.6 Å². The smallest absolute Gasteiger partial charge is 0.368 e. The van der Waals surface area contributed by atoms with Crippen LogP contribution in [0.15, 0.2) is 46.7 Å². The molecule has 2 heterocycles. The lowest BCUT2D eigenvalue weighted by molar-refractivity contribution is 0.302. The molecule has 148 valence electrons. The molecule has 0 amide bonds. The zero-order valence-corrected chi connectivity index (χ0v) is 17.5. The van der Waals surface area contributed by atoms with E-state index in [4.69, 9.17) is 4.74 Å². The summed E-state index contributed by atoms with van der Waals surface area (Å²) in [4.78, 5) is 17.8. The number of rotatable bonds is 5. The molecule has 2 aromatic carbocycles. The van der Waals surface area contributed by atoms with Gasteiger partial charge in [-0.25, -0.2) is 9.78 Å². The minimum Gasteiger partial charge on any atom is -0.489 e. The first-order chi connectivity index (χ1) is 14.0. The average Bonchev–Trinajstić information content (AvgIpc) is 3.27. The molecule has 0 aliphatic heterocycles. The number of benzene rings is 2. The standard InChI is InChI=1S/C21H21N5O2S/c1-13-6-5-7-18(26-21(27)25(4)23-24-26)17(13)11-28-19-9-8-16(10-14(19)2)20-15(3)22-12-29-20/h5-10,12H,11H2,1-4H3. The van der Waals surface area contributed by atoms with Crippen LogP contribution in [0.4, 0.5) is 0 Å². The summed E-state index contributed by atoms with van der Waals surface area (Å²) in [6.45, 7) is 6.36. The third kappa shape index (κ3) is 3.58. The molecule has 2 aromatic heterocycles. The molecule has 0 N–H and O–H groups in total. The second-order valence-electron chi connectivity index (χ2n) is 6.91. The molecule has 0 fully saturated rings. The first-order valence-corrected chi connectivity index (χ1v) is 10.1. The monoisotopic (exact) mass is 407 g/mol. The van der Waals surface area contributed by atoms with Crippen molar-refractivity contribution in [1.29, 1.82) is 0 Å². The summed E-state index contributed by atoms with van der Waals surface area (Å²) in [7, 11) is 1.58.